The van der Waals surface area contributed by atoms with Gasteiger partial charge in [-0.25, -0.2) is 12.8 Å². The average molecular weight is 671 g/mol. The average Bonchev–Trinajstić information content (AvgIpc) is 3.04. The molecule has 0 aliphatic heterocycles. The third-order valence-corrected chi connectivity index (χ3v) is 9.67. The lowest BCUT2D eigenvalue weighted by atomic mass is 10.0. The normalized spacial score (nSPS) is 12.6. The van der Waals surface area contributed by atoms with Gasteiger partial charge in [0.25, 0.3) is 10.0 Å². The topological polar surface area (TPSA) is 86.8 Å². The predicted octanol–water partition coefficient (Wildman–Crippen LogP) is 6.88. The highest BCUT2D eigenvalue weighted by Crippen LogP contribution is 2.28. The van der Waals surface area contributed by atoms with Crippen LogP contribution in [0.15, 0.2) is 108 Å². The quantitative estimate of drug-likeness (QED) is 0.168. The van der Waals surface area contributed by atoms with Gasteiger partial charge >= 0.3 is 0 Å². The van der Waals surface area contributed by atoms with Crippen molar-refractivity contribution in [1.29, 1.82) is 0 Å². The van der Waals surface area contributed by atoms with E-state index in [1.807, 2.05) is 44.2 Å². The molecule has 0 aliphatic carbocycles. The Hall–Kier alpha value is -3.92. The van der Waals surface area contributed by atoms with Gasteiger partial charge in [0, 0.05) is 24.0 Å². The van der Waals surface area contributed by atoms with Crippen LogP contribution in [0.1, 0.15) is 31.4 Å². The maximum atomic E-state index is 14.4. The molecule has 0 aromatic heterocycles. The second-order valence-corrected chi connectivity index (χ2v) is 13.3. The van der Waals surface area contributed by atoms with E-state index in [1.165, 1.54) is 23.1 Å². The minimum atomic E-state index is -4.33. The molecule has 0 fully saturated rings. The van der Waals surface area contributed by atoms with E-state index in [-0.39, 0.29) is 40.5 Å². The minimum absolute atomic E-state index is 0.00582. The summed E-state index contributed by atoms with van der Waals surface area (Å²) < 4.78 is 43.0. The predicted molar refractivity (Wildman–Crippen MR) is 176 cm³/mol. The fraction of sp³-hybridized carbons (Fsp3) is 0.235. The third kappa shape index (κ3) is 8.84. The largest absolute Gasteiger partial charge is 0.352 e. The van der Waals surface area contributed by atoms with E-state index in [1.54, 1.807) is 42.5 Å². The molecule has 0 heterocycles. The van der Waals surface area contributed by atoms with Gasteiger partial charge in [-0.3, -0.25) is 13.9 Å². The van der Waals surface area contributed by atoms with Crippen LogP contribution in [-0.2, 0) is 32.6 Å². The number of hydrogen-bond donors (Lipinski definition) is 1. The zero-order chi connectivity index (χ0) is 32.6. The van der Waals surface area contributed by atoms with Crippen molar-refractivity contribution in [2.75, 3.05) is 10.8 Å². The van der Waals surface area contributed by atoms with E-state index in [9.17, 15) is 22.4 Å². The van der Waals surface area contributed by atoms with E-state index in [0.717, 1.165) is 22.0 Å². The summed E-state index contributed by atoms with van der Waals surface area (Å²) >= 11 is 12.2. The number of hydrogen-bond acceptors (Lipinski definition) is 4. The monoisotopic (exact) mass is 669 g/mol. The molecule has 0 unspecified atom stereocenters. The highest BCUT2D eigenvalue weighted by Gasteiger charge is 2.35. The van der Waals surface area contributed by atoms with Crippen molar-refractivity contribution in [1.82, 2.24) is 10.2 Å². The molecule has 0 bridgehead atoms. The molecule has 11 heteroatoms. The lowest BCUT2D eigenvalue weighted by Gasteiger charge is -2.34. The SMILES string of the molecule is CC[C@H](C)NC(=O)[C@@H](Cc1ccccc1)N(Cc1ccc(Cl)cc1)C(=O)CN(c1ccc(F)c(Cl)c1)S(=O)(=O)c1ccccc1. The number of carbonyl (C=O) groups is 2. The molecule has 0 saturated heterocycles. The van der Waals surface area contributed by atoms with Crippen molar-refractivity contribution < 1.29 is 22.4 Å². The summed E-state index contributed by atoms with van der Waals surface area (Å²) in [5.41, 5.74) is 1.49. The Morgan fingerprint density at radius 1 is 0.867 bits per heavy atom. The van der Waals surface area contributed by atoms with E-state index in [4.69, 9.17) is 23.2 Å². The van der Waals surface area contributed by atoms with Crippen LogP contribution < -0.4 is 9.62 Å². The maximum Gasteiger partial charge on any atom is 0.264 e. The van der Waals surface area contributed by atoms with Crippen LogP contribution in [0.2, 0.25) is 10.0 Å². The van der Waals surface area contributed by atoms with Gasteiger partial charge in [-0.15, -0.1) is 0 Å². The van der Waals surface area contributed by atoms with Crippen molar-refractivity contribution in [3.8, 4) is 0 Å². The van der Waals surface area contributed by atoms with E-state index in [2.05, 4.69) is 5.32 Å². The van der Waals surface area contributed by atoms with Crippen molar-refractivity contribution in [3.05, 3.63) is 130 Å². The first-order chi connectivity index (χ1) is 21.5. The van der Waals surface area contributed by atoms with Gasteiger partial charge in [0.1, 0.15) is 18.4 Å². The standard InChI is InChI=1S/C34H34Cl2FN3O4S/c1-3-24(2)38-34(42)32(20-25-10-6-4-7-11-25)39(22-26-14-16-27(35)17-15-26)33(41)23-40(28-18-19-31(37)30(36)21-28)45(43,44)29-12-8-5-9-13-29/h4-19,21,24,32H,3,20,22-23H2,1-2H3,(H,38,42)/t24-,32+/m0/s1. The molecule has 0 spiro atoms. The van der Waals surface area contributed by atoms with E-state index < -0.39 is 34.3 Å². The molecule has 4 aromatic rings. The van der Waals surface area contributed by atoms with Gasteiger partial charge in [-0.05, 0) is 66.9 Å². The van der Waals surface area contributed by atoms with Crippen LogP contribution in [-0.4, -0.2) is 43.8 Å². The molecule has 4 rings (SSSR count). The lowest BCUT2D eigenvalue weighted by molar-refractivity contribution is -0.140. The number of rotatable bonds is 13. The minimum Gasteiger partial charge on any atom is -0.352 e. The molecule has 2 amide bonds. The number of benzene rings is 4. The van der Waals surface area contributed by atoms with Crippen LogP contribution >= 0.6 is 23.2 Å². The molecule has 236 valence electrons. The second-order valence-electron chi connectivity index (χ2n) is 10.6. The van der Waals surface area contributed by atoms with Crippen molar-refractivity contribution >= 4 is 50.7 Å². The first-order valence-electron chi connectivity index (χ1n) is 14.4. The number of carbonyl (C=O) groups excluding carboxylic acids is 2. The Morgan fingerprint density at radius 2 is 1.49 bits per heavy atom. The number of nitrogens with one attached hydrogen (secondary N) is 1. The summed E-state index contributed by atoms with van der Waals surface area (Å²) in [6.07, 6.45) is 0.847. The summed E-state index contributed by atoms with van der Waals surface area (Å²) in [4.78, 5) is 29.6. The van der Waals surface area contributed by atoms with Gasteiger partial charge < -0.3 is 10.2 Å². The van der Waals surface area contributed by atoms with E-state index >= 15 is 0 Å². The Kier molecular flexibility index (Phi) is 11.6. The summed E-state index contributed by atoms with van der Waals surface area (Å²) in [6, 6.07) is 26.0. The van der Waals surface area contributed by atoms with Crippen molar-refractivity contribution in [2.45, 2.75) is 50.2 Å². The number of anilines is 1. The summed E-state index contributed by atoms with van der Waals surface area (Å²) in [7, 11) is -4.33. The molecule has 45 heavy (non-hydrogen) atoms. The molecule has 2 atom stereocenters. The van der Waals surface area contributed by atoms with Crippen LogP contribution in [0.4, 0.5) is 10.1 Å². The van der Waals surface area contributed by atoms with Crippen LogP contribution in [0.25, 0.3) is 0 Å². The van der Waals surface area contributed by atoms with Crippen LogP contribution in [0.3, 0.4) is 0 Å². The first kappa shape index (κ1) is 34.0. The van der Waals surface area contributed by atoms with Gasteiger partial charge in [0.05, 0.1) is 15.6 Å². The molecule has 1 N–H and O–H groups in total. The number of halogens is 3. The summed E-state index contributed by atoms with van der Waals surface area (Å²) in [6.45, 7) is 3.11. The van der Waals surface area contributed by atoms with Gasteiger partial charge in [-0.1, -0.05) is 90.8 Å². The highest BCUT2D eigenvalue weighted by molar-refractivity contribution is 7.92. The number of nitrogens with zero attached hydrogens (tertiary/aromatic N) is 2. The summed E-state index contributed by atoms with van der Waals surface area (Å²) in [5, 5.41) is 3.19. The van der Waals surface area contributed by atoms with E-state index in [0.29, 0.717) is 17.0 Å². The van der Waals surface area contributed by atoms with Crippen molar-refractivity contribution in [3.63, 3.8) is 0 Å². The number of amides is 2. The zero-order valence-corrected chi connectivity index (χ0v) is 27.2. The molecule has 0 saturated carbocycles. The Bertz CT molecular complexity index is 1710. The Labute approximate surface area is 273 Å². The molecule has 7 nitrogen and oxygen atoms in total. The molecule has 0 aliphatic rings. The van der Waals surface area contributed by atoms with Gasteiger partial charge in [0.15, 0.2) is 0 Å². The fourth-order valence-corrected chi connectivity index (χ4v) is 6.40. The Balaban J connectivity index is 1.81. The Morgan fingerprint density at radius 3 is 2.09 bits per heavy atom. The second kappa shape index (κ2) is 15.4. The first-order valence-corrected chi connectivity index (χ1v) is 16.6. The molecule has 4 aromatic carbocycles. The molecular weight excluding hydrogens is 636 g/mol. The van der Waals surface area contributed by atoms with Crippen molar-refractivity contribution in [2.24, 2.45) is 0 Å². The van der Waals surface area contributed by atoms with Gasteiger partial charge in [-0.2, -0.15) is 0 Å². The van der Waals surface area contributed by atoms with Crippen LogP contribution in [0.5, 0.6) is 0 Å². The lowest BCUT2D eigenvalue weighted by Crippen LogP contribution is -2.54. The maximum absolute atomic E-state index is 14.4. The zero-order valence-electron chi connectivity index (χ0n) is 24.9. The van der Waals surface area contributed by atoms with Crippen LogP contribution in [0, 0.1) is 5.82 Å². The molecule has 0 radical (unpaired) electrons. The summed E-state index contributed by atoms with van der Waals surface area (Å²) in [5.74, 6) is -1.76. The number of sulfonamides is 1. The fourth-order valence-electron chi connectivity index (χ4n) is 4.67. The molecular formula is C34H34Cl2FN3O4S. The third-order valence-electron chi connectivity index (χ3n) is 7.34. The smallest absolute Gasteiger partial charge is 0.264 e. The highest BCUT2D eigenvalue weighted by atomic mass is 35.5. The van der Waals surface area contributed by atoms with Gasteiger partial charge in [0.2, 0.25) is 11.8 Å².